The molecule has 30 heavy (non-hydrogen) atoms. The van der Waals surface area contributed by atoms with Gasteiger partial charge in [-0.2, -0.15) is 5.10 Å². The van der Waals surface area contributed by atoms with Crippen molar-refractivity contribution < 1.29 is 19.1 Å². The minimum absolute atomic E-state index is 0.0375. The molecule has 1 amide bonds. The normalized spacial score (nSPS) is 14.5. The minimum Gasteiger partial charge on any atom is -0.490 e. The molecule has 0 saturated heterocycles. The Bertz CT molecular complexity index is 906. The quantitative estimate of drug-likeness (QED) is 0.292. The summed E-state index contributed by atoms with van der Waals surface area (Å²) in [5, 5.41) is 4.61. The van der Waals surface area contributed by atoms with E-state index in [1.54, 1.807) is 48.7 Å². The average molecular weight is 429 g/mol. The molecule has 2 aromatic rings. The van der Waals surface area contributed by atoms with Crippen LogP contribution in [0.25, 0.3) is 0 Å². The Morgan fingerprint density at radius 2 is 1.83 bits per heavy atom. The van der Waals surface area contributed by atoms with Gasteiger partial charge in [-0.3, -0.25) is 4.79 Å². The molecular weight excluding hydrogens is 404 g/mol. The van der Waals surface area contributed by atoms with Gasteiger partial charge in [0.05, 0.1) is 18.4 Å². The zero-order valence-corrected chi connectivity index (χ0v) is 17.7. The average Bonchev–Trinajstić information content (AvgIpc) is 2.76. The molecule has 0 heterocycles. The van der Waals surface area contributed by atoms with Crippen LogP contribution >= 0.6 is 11.6 Å². The largest absolute Gasteiger partial charge is 0.490 e. The fraction of sp³-hybridized carbons (Fsp3) is 0.348. The van der Waals surface area contributed by atoms with Gasteiger partial charge in [0, 0.05) is 10.9 Å². The Balaban J connectivity index is 1.65. The van der Waals surface area contributed by atoms with Crippen molar-refractivity contribution in [3.05, 3.63) is 58.6 Å². The third-order valence-corrected chi connectivity index (χ3v) is 5.17. The van der Waals surface area contributed by atoms with Crippen LogP contribution in [0.5, 0.6) is 11.5 Å². The molecule has 1 aliphatic rings. The summed E-state index contributed by atoms with van der Waals surface area (Å²) in [4.78, 5) is 24.5. The first kappa shape index (κ1) is 21.8. The lowest BCUT2D eigenvalue weighted by molar-refractivity contribution is -0.125. The van der Waals surface area contributed by atoms with Gasteiger partial charge in [0.15, 0.2) is 11.5 Å². The van der Waals surface area contributed by atoms with Gasteiger partial charge in [0.25, 0.3) is 0 Å². The summed E-state index contributed by atoms with van der Waals surface area (Å²) < 4.78 is 11.1. The Morgan fingerprint density at radius 1 is 1.10 bits per heavy atom. The highest BCUT2D eigenvalue weighted by atomic mass is 35.5. The van der Waals surface area contributed by atoms with Crippen molar-refractivity contribution in [3.63, 3.8) is 0 Å². The van der Waals surface area contributed by atoms with Crippen molar-refractivity contribution in [1.29, 1.82) is 0 Å². The van der Waals surface area contributed by atoms with Crippen LogP contribution in [-0.4, -0.2) is 24.7 Å². The number of nitrogens with one attached hydrogen (secondary N) is 1. The number of benzene rings is 2. The molecule has 1 N–H and O–H groups in total. The number of rotatable bonds is 7. The molecule has 0 aromatic heterocycles. The number of esters is 1. The molecule has 1 aliphatic carbocycles. The van der Waals surface area contributed by atoms with Crippen molar-refractivity contribution in [2.45, 2.75) is 39.0 Å². The molecule has 0 spiro atoms. The zero-order chi connectivity index (χ0) is 21.3. The van der Waals surface area contributed by atoms with Gasteiger partial charge in [-0.15, -0.1) is 0 Å². The summed E-state index contributed by atoms with van der Waals surface area (Å²) in [7, 11) is 0. The summed E-state index contributed by atoms with van der Waals surface area (Å²) in [6.07, 6.45) is 6.77. The van der Waals surface area contributed by atoms with Gasteiger partial charge in [-0.25, -0.2) is 10.2 Å². The number of halogens is 1. The first-order chi connectivity index (χ1) is 14.6. The lowest BCUT2D eigenvalue weighted by Crippen LogP contribution is -2.28. The minimum atomic E-state index is -0.506. The Hall–Kier alpha value is -2.86. The Labute approximate surface area is 181 Å². The number of ether oxygens (including phenoxy) is 2. The lowest BCUT2D eigenvalue weighted by atomic mass is 9.89. The zero-order valence-electron chi connectivity index (χ0n) is 16.9. The SMILES string of the molecule is CCOc1cc(C=NNC(=O)C2CCCCC2)ccc1OC(=O)c1ccc(Cl)cc1. The van der Waals surface area contributed by atoms with E-state index >= 15 is 0 Å². The summed E-state index contributed by atoms with van der Waals surface area (Å²) in [6.45, 7) is 2.25. The molecule has 6 nitrogen and oxygen atoms in total. The topological polar surface area (TPSA) is 77.0 Å². The maximum absolute atomic E-state index is 12.4. The number of carbonyl (C=O) groups is 2. The van der Waals surface area contributed by atoms with Crippen LogP contribution in [0, 0.1) is 5.92 Å². The molecule has 7 heteroatoms. The first-order valence-electron chi connectivity index (χ1n) is 10.1. The Morgan fingerprint density at radius 3 is 2.53 bits per heavy atom. The molecule has 0 atom stereocenters. The molecule has 0 bridgehead atoms. The van der Waals surface area contributed by atoms with Crippen molar-refractivity contribution in [3.8, 4) is 11.5 Å². The van der Waals surface area contributed by atoms with E-state index in [0.29, 0.717) is 34.3 Å². The van der Waals surface area contributed by atoms with Gasteiger partial charge in [-0.1, -0.05) is 30.9 Å². The summed E-state index contributed by atoms with van der Waals surface area (Å²) >= 11 is 5.85. The van der Waals surface area contributed by atoms with E-state index in [1.807, 2.05) is 6.92 Å². The van der Waals surface area contributed by atoms with Crippen molar-refractivity contribution in [2.24, 2.45) is 11.0 Å². The molecule has 0 radical (unpaired) electrons. The van der Waals surface area contributed by atoms with E-state index < -0.39 is 5.97 Å². The van der Waals surface area contributed by atoms with Crippen molar-refractivity contribution >= 4 is 29.7 Å². The van der Waals surface area contributed by atoms with E-state index in [2.05, 4.69) is 10.5 Å². The first-order valence-corrected chi connectivity index (χ1v) is 10.5. The van der Waals surface area contributed by atoms with Gasteiger partial charge in [0.2, 0.25) is 5.91 Å². The molecule has 1 fully saturated rings. The van der Waals surface area contributed by atoms with Gasteiger partial charge in [-0.05, 0) is 67.8 Å². The maximum atomic E-state index is 12.4. The van der Waals surface area contributed by atoms with Crippen LogP contribution in [0.15, 0.2) is 47.6 Å². The predicted molar refractivity (Wildman–Crippen MR) is 116 cm³/mol. The standard InChI is InChI=1S/C23H25ClN2O4/c1-2-29-21-14-16(15-25-26-22(27)17-6-4-3-5-7-17)8-13-20(21)30-23(28)18-9-11-19(24)12-10-18/h8-15,17H,2-7H2,1H3,(H,26,27). The number of hydrazone groups is 1. The molecule has 0 unspecified atom stereocenters. The number of hydrogen-bond donors (Lipinski definition) is 1. The van der Waals surface area contributed by atoms with Crippen LogP contribution in [0.1, 0.15) is 54.9 Å². The molecule has 1 saturated carbocycles. The highest BCUT2D eigenvalue weighted by Gasteiger charge is 2.20. The fourth-order valence-corrected chi connectivity index (χ4v) is 3.45. The predicted octanol–water partition coefficient (Wildman–Crippen LogP) is 4.99. The number of nitrogens with zero attached hydrogens (tertiary/aromatic N) is 1. The van der Waals surface area contributed by atoms with Gasteiger partial charge in [0.1, 0.15) is 0 Å². The van der Waals surface area contributed by atoms with Crippen molar-refractivity contribution in [1.82, 2.24) is 5.43 Å². The van der Waals surface area contributed by atoms with Crippen LogP contribution in [0.4, 0.5) is 0 Å². The highest BCUT2D eigenvalue weighted by Crippen LogP contribution is 2.29. The second kappa shape index (κ2) is 10.8. The van der Waals surface area contributed by atoms with Gasteiger partial charge >= 0.3 is 5.97 Å². The van der Waals surface area contributed by atoms with E-state index in [-0.39, 0.29) is 11.8 Å². The number of hydrogen-bond acceptors (Lipinski definition) is 5. The van der Waals surface area contributed by atoms with E-state index in [0.717, 1.165) is 25.7 Å². The molecule has 0 aliphatic heterocycles. The van der Waals surface area contributed by atoms with Crippen LogP contribution in [-0.2, 0) is 4.79 Å². The van der Waals surface area contributed by atoms with E-state index in [4.69, 9.17) is 21.1 Å². The van der Waals surface area contributed by atoms with Crippen LogP contribution < -0.4 is 14.9 Å². The summed E-state index contributed by atoms with van der Waals surface area (Å²) in [6, 6.07) is 11.5. The highest BCUT2D eigenvalue weighted by molar-refractivity contribution is 6.30. The fourth-order valence-electron chi connectivity index (χ4n) is 3.33. The molecular formula is C23H25ClN2O4. The molecule has 2 aromatic carbocycles. The van der Waals surface area contributed by atoms with Crippen molar-refractivity contribution in [2.75, 3.05) is 6.61 Å². The molecule has 158 valence electrons. The van der Waals surface area contributed by atoms with E-state index in [9.17, 15) is 9.59 Å². The summed E-state index contributed by atoms with van der Waals surface area (Å²) in [5.41, 5.74) is 3.72. The third-order valence-electron chi connectivity index (χ3n) is 4.91. The number of carbonyl (C=O) groups excluding carboxylic acids is 2. The third kappa shape index (κ3) is 6.07. The second-order valence-corrected chi connectivity index (χ2v) is 7.54. The number of amides is 1. The van der Waals surface area contributed by atoms with Crippen LogP contribution in [0.3, 0.4) is 0 Å². The molecule has 3 rings (SSSR count). The second-order valence-electron chi connectivity index (χ2n) is 7.10. The van der Waals surface area contributed by atoms with E-state index in [1.165, 1.54) is 6.42 Å². The van der Waals surface area contributed by atoms with Crippen LogP contribution in [0.2, 0.25) is 5.02 Å². The maximum Gasteiger partial charge on any atom is 0.343 e. The Kier molecular flexibility index (Phi) is 7.85. The smallest absolute Gasteiger partial charge is 0.343 e. The summed E-state index contributed by atoms with van der Waals surface area (Å²) in [5.74, 6) is 0.227. The van der Waals surface area contributed by atoms with Gasteiger partial charge < -0.3 is 9.47 Å². The lowest BCUT2D eigenvalue weighted by Gasteiger charge is -2.19. The monoisotopic (exact) mass is 428 g/mol.